The third kappa shape index (κ3) is 1.46. The summed E-state index contributed by atoms with van der Waals surface area (Å²) < 4.78 is 0. The predicted octanol–water partition coefficient (Wildman–Crippen LogP) is 3.49. The first-order valence-corrected chi connectivity index (χ1v) is 9.31. The zero-order valence-corrected chi connectivity index (χ0v) is 11.2. The van der Waals surface area contributed by atoms with Crippen molar-refractivity contribution in [3.05, 3.63) is 22.9 Å². The van der Waals surface area contributed by atoms with Gasteiger partial charge in [0, 0.05) is 0 Å². The van der Waals surface area contributed by atoms with Gasteiger partial charge in [0.1, 0.15) is 0 Å². The molecule has 82 valence electrons. The van der Waals surface area contributed by atoms with Gasteiger partial charge in [0.05, 0.1) is 13.5 Å². The summed E-state index contributed by atoms with van der Waals surface area (Å²) in [7, 11) is -1.43. The normalized spacial score (nSPS) is 31.1. The van der Waals surface area contributed by atoms with Gasteiger partial charge in [-0.3, -0.25) is 4.79 Å². The van der Waals surface area contributed by atoms with Crippen molar-refractivity contribution < 1.29 is 4.79 Å². The molecule has 1 unspecified atom stereocenters. The van der Waals surface area contributed by atoms with Crippen LogP contribution >= 0.6 is 0 Å². The van der Waals surface area contributed by atoms with Crippen molar-refractivity contribution in [3.63, 3.8) is 0 Å². The highest BCUT2D eigenvalue weighted by Crippen LogP contribution is 2.49. The van der Waals surface area contributed by atoms with Gasteiger partial charge in [-0.25, -0.2) is 0 Å². The summed E-state index contributed by atoms with van der Waals surface area (Å²) in [6, 6.07) is 0. The quantitative estimate of drug-likeness (QED) is 0.488. The molecule has 0 aromatic heterocycles. The number of carbonyl (C=O) groups is 1. The van der Waals surface area contributed by atoms with E-state index < -0.39 is 8.07 Å². The fourth-order valence-corrected chi connectivity index (χ4v) is 4.48. The van der Waals surface area contributed by atoms with E-state index in [1.165, 1.54) is 10.8 Å². The third-order valence-electron chi connectivity index (χ3n) is 3.92. The summed E-state index contributed by atoms with van der Waals surface area (Å²) in [5.41, 5.74) is 1.22. The highest BCUT2D eigenvalue weighted by Gasteiger charge is 2.48. The molecule has 0 fully saturated rings. The van der Waals surface area contributed by atoms with Crippen molar-refractivity contribution >= 4 is 13.9 Å². The molecule has 0 heterocycles. The van der Waals surface area contributed by atoms with E-state index in [-0.39, 0.29) is 5.41 Å². The van der Waals surface area contributed by atoms with Crippen LogP contribution in [0.1, 0.15) is 26.2 Å². The number of ketones is 1. The van der Waals surface area contributed by atoms with Crippen LogP contribution in [0.3, 0.4) is 0 Å². The molecule has 2 aliphatic rings. The van der Waals surface area contributed by atoms with Gasteiger partial charge in [0.2, 0.25) is 0 Å². The molecule has 0 amide bonds. The minimum absolute atomic E-state index is 0.102. The van der Waals surface area contributed by atoms with Gasteiger partial charge in [0.25, 0.3) is 0 Å². The van der Waals surface area contributed by atoms with Gasteiger partial charge in [-0.15, -0.1) is 0 Å². The number of hydrogen-bond acceptors (Lipinski definition) is 1. The first-order chi connectivity index (χ1) is 6.88. The Morgan fingerprint density at radius 1 is 1.27 bits per heavy atom. The van der Waals surface area contributed by atoms with Crippen LogP contribution in [-0.4, -0.2) is 13.9 Å². The topological polar surface area (TPSA) is 17.1 Å². The van der Waals surface area contributed by atoms with Crippen molar-refractivity contribution in [1.29, 1.82) is 0 Å². The molecule has 0 saturated heterocycles. The molecule has 2 aliphatic carbocycles. The average Bonchev–Trinajstić information content (AvgIpc) is 2.61. The van der Waals surface area contributed by atoms with E-state index in [0.717, 1.165) is 19.3 Å². The van der Waals surface area contributed by atoms with E-state index in [9.17, 15) is 4.79 Å². The molecule has 1 atom stereocenters. The second kappa shape index (κ2) is 3.18. The maximum Gasteiger partial charge on any atom is 0.165 e. The van der Waals surface area contributed by atoms with Gasteiger partial charge in [-0.05, 0) is 31.4 Å². The van der Waals surface area contributed by atoms with E-state index in [1.54, 1.807) is 0 Å². The zero-order chi connectivity index (χ0) is 11.3. The maximum atomic E-state index is 12.5. The minimum Gasteiger partial charge on any atom is -0.294 e. The number of Topliss-reactive ketones (excluding diaryl/α,β-unsaturated/α-hetero) is 1. The lowest BCUT2D eigenvalue weighted by molar-refractivity contribution is -0.121. The zero-order valence-electron chi connectivity index (χ0n) is 10.2. The highest BCUT2D eigenvalue weighted by atomic mass is 28.3. The van der Waals surface area contributed by atoms with Crippen LogP contribution in [0, 0.1) is 5.41 Å². The third-order valence-corrected chi connectivity index (χ3v) is 5.97. The largest absolute Gasteiger partial charge is 0.294 e. The Labute approximate surface area is 93.3 Å². The summed E-state index contributed by atoms with van der Waals surface area (Å²) in [6.45, 7) is 8.93. The highest BCUT2D eigenvalue weighted by molar-refractivity contribution is 6.87. The van der Waals surface area contributed by atoms with Crippen LogP contribution in [0.5, 0.6) is 0 Å². The average molecular weight is 220 g/mol. The number of hydrogen-bond donors (Lipinski definition) is 0. The summed E-state index contributed by atoms with van der Waals surface area (Å²) in [6.07, 6.45) is 7.58. The molecule has 0 N–H and O–H groups in total. The smallest absolute Gasteiger partial charge is 0.165 e. The van der Waals surface area contributed by atoms with Gasteiger partial charge in [0.15, 0.2) is 5.78 Å². The Morgan fingerprint density at radius 3 is 2.33 bits per heavy atom. The van der Waals surface area contributed by atoms with E-state index in [1.807, 2.05) is 0 Å². The SMILES string of the molecule is CC1=CCCC12CC=C([Si](C)(C)C)C2=O. The molecule has 0 radical (unpaired) electrons. The van der Waals surface area contributed by atoms with E-state index in [0.29, 0.717) is 5.78 Å². The molecule has 0 aliphatic heterocycles. The van der Waals surface area contributed by atoms with Gasteiger partial charge in [-0.2, -0.15) is 0 Å². The molecule has 0 aromatic rings. The van der Waals surface area contributed by atoms with E-state index >= 15 is 0 Å². The van der Waals surface area contributed by atoms with Crippen molar-refractivity contribution in [1.82, 2.24) is 0 Å². The van der Waals surface area contributed by atoms with Crippen molar-refractivity contribution in [3.8, 4) is 0 Å². The Morgan fingerprint density at radius 2 is 1.93 bits per heavy atom. The summed E-state index contributed by atoms with van der Waals surface area (Å²) in [5.74, 6) is 0.452. The lowest BCUT2D eigenvalue weighted by Crippen LogP contribution is -2.35. The number of carbonyl (C=O) groups excluding carboxylic acids is 1. The monoisotopic (exact) mass is 220 g/mol. The fourth-order valence-electron chi connectivity index (χ4n) is 2.85. The standard InChI is InChI=1S/C13H20OSi/c1-10-6-5-8-13(10)9-7-11(12(13)14)15(2,3)4/h6-7H,5,8-9H2,1-4H3. The fraction of sp³-hybridized carbons (Fsp3) is 0.615. The van der Waals surface area contributed by atoms with E-state index in [2.05, 4.69) is 38.7 Å². The van der Waals surface area contributed by atoms with Gasteiger partial charge >= 0.3 is 0 Å². The molecule has 0 saturated carbocycles. The molecule has 15 heavy (non-hydrogen) atoms. The molecule has 2 rings (SSSR count). The molecule has 0 bridgehead atoms. The van der Waals surface area contributed by atoms with Crippen molar-refractivity contribution in [2.45, 2.75) is 45.8 Å². The Hall–Kier alpha value is -0.633. The number of allylic oxidation sites excluding steroid dienone is 4. The lowest BCUT2D eigenvalue weighted by atomic mass is 9.79. The number of rotatable bonds is 1. The maximum absolute atomic E-state index is 12.5. The Bertz CT molecular complexity index is 370. The Kier molecular flexibility index (Phi) is 2.30. The molecule has 1 spiro atoms. The molecule has 1 nitrogen and oxygen atoms in total. The second-order valence-electron chi connectivity index (χ2n) is 5.91. The first kappa shape index (κ1) is 10.9. The molecular weight excluding hydrogens is 200 g/mol. The molecule has 0 aromatic carbocycles. The van der Waals surface area contributed by atoms with Crippen LogP contribution < -0.4 is 0 Å². The van der Waals surface area contributed by atoms with Crippen molar-refractivity contribution in [2.75, 3.05) is 0 Å². The van der Waals surface area contributed by atoms with Crippen LogP contribution in [0.2, 0.25) is 19.6 Å². The molecule has 2 heteroatoms. The van der Waals surface area contributed by atoms with Crippen LogP contribution in [0.4, 0.5) is 0 Å². The van der Waals surface area contributed by atoms with Gasteiger partial charge < -0.3 is 0 Å². The predicted molar refractivity (Wildman–Crippen MR) is 66.5 cm³/mol. The van der Waals surface area contributed by atoms with Crippen LogP contribution in [-0.2, 0) is 4.79 Å². The summed E-state index contributed by atoms with van der Waals surface area (Å²) >= 11 is 0. The first-order valence-electron chi connectivity index (χ1n) is 5.81. The minimum atomic E-state index is -1.43. The summed E-state index contributed by atoms with van der Waals surface area (Å²) in [5, 5.41) is 1.18. The Balaban J connectivity index is 2.34. The van der Waals surface area contributed by atoms with Crippen LogP contribution in [0.25, 0.3) is 0 Å². The van der Waals surface area contributed by atoms with Gasteiger partial charge in [-0.1, -0.05) is 37.4 Å². The lowest BCUT2D eigenvalue weighted by Gasteiger charge is -2.27. The molecular formula is C13H20OSi. The van der Waals surface area contributed by atoms with Crippen LogP contribution in [0.15, 0.2) is 22.9 Å². The van der Waals surface area contributed by atoms with E-state index in [4.69, 9.17) is 0 Å². The second-order valence-corrected chi connectivity index (χ2v) is 10.9. The summed E-state index contributed by atoms with van der Waals surface area (Å²) in [4.78, 5) is 12.5. The van der Waals surface area contributed by atoms with Crippen molar-refractivity contribution in [2.24, 2.45) is 5.41 Å².